The number of unbranched alkanes of at least 4 members (excludes halogenated alkanes) is 1. The normalized spacial score (nSPS) is 22.2. The number of hydrogen-bond acceptors (Lipinski definition) is 2. The predicted molar refractivity (Wildman–Crippen MR) is 40.2 cm³/mol. The van der Waals surface area contributed by atoms with Crippen molar-refractivity contribution >= 4 is 0 Å². The first-order chi connectivity index (χ1) is 6.02. The summed E-state index contributed by atoms with van der Waals surface area (Å²) in [6.45, 7) is 1.89. The number of hydrogen-bond donors (Lipinski definition) is 0. The first-order valence-corrected chi connectivity index (χ1v) is 4.36. The zero-order valence-electron chi connectivity index (χ0n) is 7.49. The minimum absolute atomic E-state index is 0.0310. The summed E-state index contributed by atoms with van der Waals surface area (Å²) in [6, 6.07) is 0. The molecule has 0 atom stereocenters. The van der Waals surface area contributed by atoms with Crippen molar-refractivity contribution in [2.75, 3.05) is 13.2 Å². The average molecular weight is 198 g/mol. The molecule has 0 radical (unpaired) electrons. The summed E-state index contributed by atoms with van der Waals surface area (Å²) in [7, 11) is 0. The molecule has 0 aliphatic carbocycles. The smallest absolute Gasteiger partial charge is 0.340 e. The van der Waals surface area contributed by atoms with E-state index in [1.54, 1.807) is 0 Å². The minimum Gasteiger partial charge on any atom is -0.340 e. The molecule has 0 amide bonds. The van der Waals surface area contributed by atoms with Crippen molar-refractivity contribution in [2.45, 2.75) is 38.1 Å². The fourth-order valence-electron chi connectivity index (χ4n) is 1.31. The van der Waals surface area contributed by atoms with Crippen molar-refractivity contribution < 1.29 is 22.6 Å². The highest BCUT2D eigenvalue weighted by atomic mass is 19.4. The summed E-state index contributed by atoms with van der Waals surface area (Å²) in [5.41, 5.74) is 0. The predicted octanol–water partition coefficient (Wildman–Crippen LogP) is 2.48. The fraction of sp³-hybridized carbons (Fsp3) is 1.00. The molecule has 0 aromatic carbocycles. The van der Waals surface area contributed by atoms with Crippen LogP contribution in [0.3, 0.4) is 0 Å². The van der Waals surface area contributed by atoms with Crippen molar-refractivity contribution in [1.82, 2.24) is 0 Å². The van der Waals surface area contributed by atoms with Crippen LogP contribution < -0.4 is 0 Å². The van der Waals surface area contributed by atoms with Gasteiger partial charge in [-0.1, -0.05) is 13.3 Å². The quantitative estimate of drug-likeness (QED) is 0.693. The first-order valence-electron chi connectivity index (χ1n) is 4.36. The number of rotatable bonds is 3. The second-order valence-electron chi connectivity index (χ2n) is 3.05. The van der Waals surface area contributed by atoms with Gasteiger partial charge in [0.15, 0.2) is 0 Å². The van der Waals surface area contributed by atoms with Crippen LogP contribution in [0.25, 0.3) is 0 Å². The third-order valence-electron chi connectivity index (χ3n) is 2.05. The molecule has 1 fully saturated rings. The zero-order valence-corrected chi connectivity index (χ0v) is 7.49. The summed E-state index contributed by atoms with van der Waals surface area (Å²) < 4.78 is 46.8. The van der Waals surface area contributed by atoms with Gasteiger partial charge in [0, 0.05) is 6.42 Å². The van der Waals surface area contributed by atoms with Crippen molar-refractivity contribution in [3.05, 3.63) is 0 Å². The lowest BCUT2D eigenvalue weighted by molar-refractivity contribution is -0.346. The molecule has 2 nitrogen and oxygen atoms in total. The number of halogens is 3. The van der Waals surface area contributed by atoms with Crippen LogP contribution in [0.5, 0.6) is 0 Å². The van der Waals surface area contributed by atoms with Crippen LogP contribution in [-0.4, -0.2) is 25.2 Å². The van der Waals surface area contributed by atoms with Gasteiger partial charge in [0.25, 0.3) is 5.79 Å². The molecule has 0 aromatic heterocycles. The lowest BCUT2D eigenvalue weighted by atomic mass is 10.1. The van der Waals surface area contributed by atoms with Crippen LogP contribution in [0.15, 0.2) is 0 Å². The highest BCUT2D eigenvalue weighted by molar-refractivity contribution is 4.82. The van der Waals surface area contributed by atoms with Gasteiger partial charge in [-0.25, -0.2) is 0 Å². The van der Waals surface area contributed by atoms with E-state index < -0.39 is 12.0 Å². The maximum atomic E-state index is 12.5. The van der Waals surface area contributed by atoms with E-state index in [4.69, 9.17) is 0 Å². The Bertz CT molecular complexity index is 161. The summed E-state index contributed by atoms with van der Waals surface area (Å²) in [5.74, 6) is -2.32. The summed E-state index contributed by atoms with van der Waals surface area (Å²) in [5, 5.41) is 0. The molecular formula is C8H13F3O2. The number of alkyl halides is 3. The van der Waals surface area contributed by atoms with E-state index in [1.807, 2.05) is 6.92 Å². The van der Waals surface area contributed by atoms with Gasteiger partial charge >= 0.3 is 6.18 Å². The summed E-state index contributed by atoms with van der Waals surface area (Å²) in [6.07, 6.45) is -3.37. The highest BCUT2D eigenvalue weighted by Crippen LogP contribution is 2.41. The van der Waals surface area contributed by atoms with Gasteiger partial charge < -0.3 is 9.47 Å². The van der Waals surface area contributed by atoms with Gasteiger partial charge in [-0.2, -0.15) is 13.2 Å². The molecule has 0 bridgehead atoms. The monoisotopic (exact) mass is 198 g/mol. The Morgan fingerprint density at radius 1 is 1.23 bits per heavy atom. The van der Waals surface area contributed by atoms with Crippen LogP contribution in [0.1, 0.15) is 26.2 Å². The standard InChI is InChI=1S/C8H13F3O2/c1-2-3-4-7(8(9,10)11)12-5-6-13-7/h2-6H2,1H3. The molecular weight excluding hydrogens is 185 g/mol. The molecule has 0 aromatic rings. The van der Waals surface area contributed by atoms with Crippen molar-refractivity contribution in [3.63, 3.8) is 0 Å². The molecule has 1 rings (SSSR count). The molecule has 0 N–H and O–H groups in total. The van der Waals surface area contributed by atoms with E-state index in [9.17, 15) is 13.2 Å². The average Bonchev–Trinajstić information content (AvgIpc) is 2.48. The van der Waals surface area contributed by atoms with Crippen LogP contribution >= 0.6 is 0 Å². The van der Waals surface area contributed by atoms with Crippen LogP contribution in [0, 0.1) is 0 Å². The van der Waals surface area contributed by atoms with Crippen molar-refractivity contribution in [1.29, 1.82) is 0 Å². The molecule has 0 saturated carbocycles. The second kappa shape index (κ2) is 3.84. The summed E-state index contributed by atoms with van der Waals surface area (Å²) in [4.78, 5) is 0. The first kappa shape index (κ1) is 10.8. The van der Waals surface area contributed by atoms with Crippen LogP contribution in [0.4, 0.5) is 13.2 Å². The molecule has 78 valence electrons. The Balaban J connectivity index is 2.64. The SMILES string of the molecule is CCCCC1(C(F)(F)F)OCCO1. The lowest BCUT2D eigenvalue weighted by Gasteiger charge is -2.29. The van der Waals surface area contributed by atoms with E-state index in [1.165, 1.54) is 0 Å². The molecule has 1 saturated heterocycles. The Hall–Kier alpha value is -0.290. The molecule has 13 heavy (non-hydrogen) atoms. The second-order valence-corrected chi connectivity index (χ2v) is 3.05. The summed E-state index contributed by atoms with van der Waals surface area (Å²) >= 11 is 0. The largest absolute Gasteiger partial charge is 0.443 e. The van der Waals surface area contributed by atoms with Gasteiger partial charge in [-0.15, -0.1) is 0 Å². The Labute approximate surface area is 75.0 Å². The minimum atomic E-state index is -4.42. The zero-order chi connectivity index (χ0) is 9.95. The molecule has 0 unspecified atom stereocenters. The van der Waals surface area contributed by atoms with Crippen LogP contribution in [-0.2, 0) is 9.47 Å². The molecule has 1 heterocycles. The van der Waals surface area contributed by atoms with Crippen molar-refractivity contribution in [2.24, 2.45) is 0 Å². The Kier molecular flexibility index (Phi) is 3.18. The highest BCUT2D eigenvalue weighted by Gasteiger charge is 2.59. The third-order valence-corrected chi connectivity index (χ3v) is 2.05. The molecule has 5 heteroatoms. The third kappa shape index (κ3) is 2.14. The lowest BCUT2D eigenvalue weighted by Crippen LogP contribution is -2.46. The van der Waals surface area contributed by atoms with E-state index in [2.05, 4.69) is 9.47 Å². The van der Waals surface area contributed by atoms with E-state index in [-0.39, 0.29) is 19.6 Å². The fourth-order valence-corrected chi connectivity index (χ4v) is 1.31. The van der Waals surface area contributed by atoms with E-state index in [0.29, 0.717) is 12.8 Å². The number of ether oxygens (including phenoxy) is 2. The molecule has 1 aliphatic heterocycles. The van der Waals surface area contributed by atoms with E-state index in [0.717, 1.165) is 0 Å². The topological polar surface area (TPSA) is 18.5 Å². The maximum Gasteiger partial charge on any atom is 0.443 e. The molecule has 0 spiro atoms. The Morgan fingerprint density at radius 3 is 2.15 bits per heavy atom. The van der Waals surface area contributed by atoms with Crippen molar-refractivity contribution in [3.8, 4) is 0 Å². The van der Waals surface area contributed by atoms with Gasteiger partial charge in [-0.3, -0.25) is 0 Å². The van der Waals surface area contributed by atoms with Gasteiger partial charge in [0.2, 0.25) is 0 Å². The van der Waals surface area contributed by atoms with Gasteiger partial charge in [0.1, 0.15) is 0 Å². The Morgan fingerprint density at radius 2 is 1.77 bits per heavy atom. The van der Waals surface area contributed by atoms with Gasteiger partial charge in [0.05, 0.1) is 13.2 Å². The van der Waals surface area contributed by atoms with Gasteiger partial charge in [-0.05, 0) is 6.42 Å². The van der Waals surface area contributed by atoms with Crippen LogP contribution in [0.2, 0.25) is 0 Å². The maximum absolute atomic E-state index is 12.5. The van der Waals surface area contributed by atoms with E-state index >= 15 is 0 Å². The molecule has 1 aliphatic rings.